The first-order valence-electron chi connectivity index (χ1n) is 25.1. The molecule has 1 unspecified atom stereocenters. The SMILES string of the molecule is c1ccc2c(c1)Sc1c(-c3ccc4cc(-n5c6ccccc6c6ccccc65)ccc4c3)cccc1[Si]2(c1ccc2cc(-n3c4ccccc4c4ccccc43)ccc2c1)c1cccc2oc3ccccc3c12. The molecular formula is C68H42N2OSSi. The maximum Gasteiger partial charge on any atom is 0.182 e. The smallest absolute Gasteiger partial charge is 0.182 e. The summed E-state index contributed by atoms with van der Waals surface area (Å²) in [6.07, 6.45) is 0. The molecule has 1 aliphatic rings. The quantitative estimate of drug-likeness (QED) is 0.160. The van der Waals surface area contributed by atoms with Crippen LogP contribution in [0.1, 0.15) is 0 Å². The lowest BCUT2D eigenvalue weighted by Gasteiger charge is -2.41. The van der Waals surface area contributed by atoms with Crippen molar-refractivity contribution in [3.8, 4) is 22.5 Å². The number of fused-ring (bicyclic) bond motifs is 13. The lowest BCUT2D eigenvalue weighted by Crippen LogP contribution is -2.76. The maximum absolute atomic E-state index is 6.74. The van der Waals surface area contributed by atoms with Crippen molar-refractivity contribution in [1.29, 1.82) is 0 Å². The summed E-state index contributed by atoms with van der Waals surface area (Å²) < 4.78 is 11.6. The van der Waals surface area contributed by atoms with Gasteiger partial charge in [-0.2, -0.15) is 0 Å². The molecule has 0 amide bonds. The normalized spacial score (nSPS) is 14.6. The van der Waals surface area contributed by atoms with Crippen LogP contribution in [0.3, 0.4) is 0 Å². The number of aromatic nitrogens is 2. The molecule has 15 aromatic rings. The van der Waals surface area contributed by atoms with E-state index in [1.807, 2.05) is 11.8 Å². The molecule has 0 radical (unpaired) electrons. The molecular weight excluding hydrogens is 921 g/mol. The molecule has 1 aliphatic heterocycles. The fourth-order valence-corrected chi connectivity index (χ4v) is 20.0. The molecule has 3 nitrogen and oxygen atoms in total. The monoisotopic (exact) mass is 962 g/mol. The minimum atomic E-state index is -3.17. The maximum atomic E-state index is 6.74. The van der Waals surface area contributed by atoms with E-state index in [4.69, 9.17) is 4.42 Å². The molecule has 12 aromatic carbocycles. The van der Waals surface area contributed by atoms with Crippen molar-refractivity contribution in [1.82, 2.24) is 9.13 Å². The summed E-state index contributed by atoms with van der Waals surface area (Å²) in [7, 11) is -3.17. The molecule has 0 aliphatic carbocycles. The van der Waals surface area contributed by atoms with Crippen LogP contribution in [0.15, 0.2) is 269 Å². The molecule has 340 valence electrons. The van der Waals surface area contributed by atoms with E-state index in [1.54, 1.807) is 0 Å². The van der Waals surface area contributed by atoms with E-state index in [-0.39, 0.29) is 0 Å². The number of para-hydroxylation sites is 5. The predicted molar refractivity (Wildman–Crippen MR) is 311 cm³/mol. The molecule has 16 rings (SSSR count). The number of rotatable bonds is 5. The third-order valence-corrected chi connectivity index (χ3v) is 22.2. The van der Waals surface area contributed by atoms with Crippen molar-refractivity contribution in [2.24, 2.45) is 0 Å². The highest BCUT2D eigenvalue weighted by atomic mass is 32.2. The van der Waals surface area contributed by atoms with Gasteiger partial charge in [0.15, 0.2) is 8.07 Å². The fourth-order valence-electron chi connectivity index (χ4n) is 12.7. The van der Waals surface area contributed by atoms with E-state index < -0.39 is 8.07 Å². The van der Waals surface area contributed by atoms with Crippen LogP contribution in [0.5, 0.6) is 0 Å². The third-order valence-electron chi connectivity index (χ3n) is 15.8. The van der Waals surface area contributed by atoms with Crippen LogP contribution in [0.25, 0.3) is 110 Å². The Hall–Kier alpha value is -8.87. The second-order valence-corrected chi connectivity index (χ2v) is 24.3. The van der Waals surface area contributed by atoms with Gasteiger partial charge in [0, 0.05) is 53.5 Å². The lowest BCUT2D eigenvalue weighted by molar-refractivity contribution is 0.669. The van der Waals surface area contributed by atoms with Crippen LogP contribution in [0, 0.1) is 0 Å². The highest BCUT2D eigenvalue weighted by molar-refractivity contribution is 8.00. The van der Waals surface area contributed by atoms with Crippen molar-refractivity contribution >= 4 is 128 Å². The van der Waals surface area contributed by atoms with E-state index in [2.05, 4.69) is 264 Å². The Balaban J connectivity index is 0.915. The Bertz CT molecular complexity index is 4700. The summed E-state index contributed by atoms with van der Waals surface area (Å²) in [5, 5.41) is 17.8. The van der Waals surface area contributed by atoms with E-state index >= 15 is 0 Å². The number of furan rings is 1. The van der Waals surface area contributed by atoms with Gasteiger partial charge < -0.3 is 13.6 Å². The van der Waals surface area contributed by atoms with Crippen LogP contribution >= 0.6 is 11.8 Å². The summed E-state index contributed by atoms with van der Waals surface area (Å²) >= 11 is 1.93. The van der Waals surface area contributed by atoms with Gasteiger partial charge in [-0.3, -0.25) is 0 Å². The number of nitrogens with zero attached hydrogens (tertiary/aromatic N) is 2. The summed E-state index contributed by atoms with van der Waals surface area (Å²) in [5.41, 5.74) is 11.5. The van der Waals surface area contributed by atoms with Gasteiger partial charge in [0.25, 0.3) is 0 Å². The van der Waals surface area contributed by atoms with E-state index in [9.17, 15) is 0 Å². The first kappa shape index (κ1) is 40.8. The van der Waals surface area contributed by atoms with E-state index in [1.165, 1.54) is 112 Å². The minimum absolute atomic E-state index is 0.912. The molecule has 0 N–H and O–H groups in total. The van der Waals surface area contributed by atoms with Crippen LogP contribution in [-0.4, -0.2) is 17.2 Å². The second-order valence-electron chi connectivity index (χ2n) is 19.5. The first-order chi connectivity index (χ1) is 36.2. The van der Waals surface area contributed by atoms with Crippen molar-refractivity contribution < 1.29 is 4.42 Å². The Labute approximate surface area is 425 Å². The van der Waals surface area contributed by atoms with E-state index in [0.717, 1.165) is 27.9 Å². The first-order valence-corrected chi connectivity index (χ1v) is 27.9. The lowest BCUT2D eigenvalue weighted by atomic mass is 10.0. The third kappa shape index (κ3) is 5.83. The van der Waals surface area contributed by atoms with Gasteiger partial charge in [-0.25, -0.2) is 0 Å². The molecule has 1 atom stereocenters. The molecule has 0 saturated heterocycles. The van der Waals surface area contributed by atoms with Gasteiger partial charge in [-0.05, 0) is 126 Å². The topological polar surface area (TPSA) is 23.0 Å². The number of hydrogen-bond acceptors (Lipinski definition) is 2. The number of hydrogen-bond donors (Lipinski definition) is 0. The van der Waals surface area contributed by atoms with Crippen LogP contribution < -0.4 is 20.7 Å². The molecule has 73 heavy (non-hydrogen) atoms. The average molecular weight is 963 g/mol. The van der Waals surface area contributed by atoms with Gasteiger partial charge in [-0.15, -0.1) is 0 Å². The van der Waals surface area contributed by atoms with Crippen LogP contribution in [-0.2, 0) is 0 Å². The number of benzene rings is 12. The second kappa shape index (κ2) is 15.6. The Kier molecular flexibility index (Phi) is 8.70. The standard InChI is InChI=1S/C68H42N2OSSi/c1-6-21-57-52(15-1)53-16-2-7-22-58(53)69(57)48-36-33-43-39-47(32-31-44(43)40-48)51-20-13-30-66-68(51)72-63-27-11-12-28-64(63)73(66,65-29-14-26-62-67(65)56-19-5-10-25-61(56)71-62)50-38-35-45-41-49(37-34-46(45)42-50)70-59-23-8-3-17-54(59)55-18-4-9-24-60(55)70/h1-42H. The molecule has 0 fully saturated rings. The van der Waals surface area contributed by atoms with Gasteiger partial charge in [0.2, 0.25) is 0 Å². The molecule has 3 aromatic heterocycles. The fraction of sp³-hybridized carbons (Fsp3) is 0. The van der Waals surface area contributed by atoms with Crippen molar-refractivity contribution in [2.75, 3.05) is 0 Å². The molecule has 0 bridgehead atoms. The molecule has 4 heterocycles. The van der Waals surface area contributed by atoms with Gasteiger partial charge in [0.05, 0.1) is 22.1 Å². The van der Waals surface area contributed by atoms with Crippen LogP contribution in [0.4, 0.5) is 0 Å². The molecule has 0 saturated carbocycles. The molecule has 5 heteroatoms. The zero-order chi connectivity index (χ0) is 47.8. The summed E-state index contributed by atoms with van der Waals surface area (Å²) in [4.78, 5) is 2.62. The summed E-state index contributed by atoms with van der Waals surface area (Å²) in [5.74, 6) is 0. The minimum Gasteiger partial charge on any atom is -0.456 e. The Morgan fingerprint density at radius 3 is 1.48 bits per heavy atom. The Morgan fingerprint density at radius 2 is 0.822 bits per heavy atom. The molecule has 0 spiro atoms. The average Bonchev–Trinajstić information content (AvgIpc) is 4.14. The highest BCUT2D eigenvalue weighted by Gasteiger charge is 2.49. The summed E-state index contributed by atoms with van der Waals surface area (Å²) in [6.45, 7) is 0. The summed E-state index contributed by atoms with van der Waals surface area (Å²) in [6, 6.07) is 95.1. The van der Waals surface area contributed by atoms with Gasteiger partial charge in [0.1, 0.15) is 11.2 Å². The zero-order valence-electron chi connectivity index (χ0n) is 39.5. The van der Waals surface area contributed by atoms with Crippen molar-refractivity contribution in [3.63, 3.8) is 0 Å². The van der Waals surface area contributed by atoms with Crippen molar-refractivity contribution in [2.45, 2.75) is 9.79 Å². The highest BCUT2D eigenvalue weighted by Crippen LogP contribution is 2.42. The van der Waals surface area contributed by atoms with Crippen LogP contribution in [0.2, 0.25) is 0 Å². The Morgan fingerprint density at radius 1 is 0.342 bits per heavy atom. The van der Waals surface area contributed by atoms with E-state index in [0.29, 0.717) is 0 Å². The van der Waals surface area contributed by atoms with Gasteiger partial charge in [-0.1, -0.05) is 194 Å². The largest absolute Gasteiger partial charge is 0.456 e. The van der Waals surface area contributed by atoms with Gasteiger partial charge >= 0.3 is 0 Å². The zero-order valence-corrected chi connectivity index (χ0v) is 41.3. The van der Waals surface area contributed by atoms with Crippen molar-refractivity contribution in [3.05, 3.63) is 255 Å². The predicted octanol–water partition coefficient (Wildman–Crippen LogP) is 15.6.